The Labute approximate surface area is 178 Å². The van der Waals surface area contributed by atoms with Crippen molar-refractivity contribution < 1.29 is 14.6 Å². The van der Waals surface area contributed by atoms with Gasteiger partial charge in [-0.3, -0.25) is 9.69 Å². The maximum absolute atomic E-state index is 12.7. The topological polar surface area (TPSA) is 56.2 Å². The first-order chi connectivity index (χ1) is 14.5. The van der Waals surface area contributed by atoms with E-state index in [-0.39, 0.29) is 18.2 Å². The lowest BCUT2D eigenvalue weighted by atomic mass is 10.1. The summed E-state index contributed by atoms with van der Waals surface area (Å²) in [6, 6.07) is 16.6. The Kier molecular flexibility index (Phi) is 6.25. The summed E-state index contributed by atoms with van der Waals surface area (Å²) in [6.45, 7) is 2.90. The first-order valence-corrected chi connectivity index (χ1v) is 10.7. The molecule has 2 saturated heterocycles. The van der Waals surface area contributed by atoms with E-state index in [9.17, 15) is 9.90 Å². The van der Waals surface area contributed by atoms with Gasteiger partial charge in [-0.2, -0.15) is 0 Å². The van der Waals surface area contributed by atoms with Gasteiger partial charge in [-0.25, -0.2) is 0 Å². The molecule has 0 radical (unpaired) electrons. The first kappa shape index (κ1) is 20.7. The number of anilines is 1. The van der Waals surface area contributed by atoms with Crippen molar-refractivity contribution in [3.05, 3.63) is 59.7 Å². The number of aliphatic hydroxyl groups is 1. The number of aliphatic hydroxyl groups excluding tert-OH is 1. The number of nitrogens with zero attached hydrogens (tertiary/aromatic N) is 3. The molecule has 0 bridgehead atoms. The second kappa shape index (κ2) is 9.06. The lowest BCUT2D eigenvalue weighted by Crippen LogP contribution is -2.36. The number of amides is 1. The van der Waals surface area contributed by atoms with Gasteiger partial charge in [-0.1, -0.05) is 24.3 Å². The molecule has 30 heavy (non-hydrogen) atoms. The number of carbonyl (C=O) groups is 1. The number of methoxy groups -OCH3 is 1. The Morgan fingerprint density at radius 1 is 1.03 bits per heavy atom. The number of carbonyl (C=O) groups excluding carboxylic acids is 1. The predicted molar refractivity (Wildman–Crippen MR) is 118 cm³/mol. The average molecular weight is 410 g/mol. The van der Waals surface area contributed by atoms with Crippen molar-refractivity contribution in [1.82, 2.24) is 9.80 Å². The van der Waals surface area contributed by atoms with E-state index < -0.39 is 0 Å². The summed E-state index contributed by atoms with van der Waals surface area (Å²) in [5.74, 6) is 1.02. The third-order valence-corrected chi connectivity index (χ3v) is 6.24. The Balaban J connectivity index is 1.44. The standard InChI is InChI=1S/C24H31N3O3/c1-25-17-23(29)27(16-11-18-3-9-22(30-2)10-4-18)24(25)19-5-7-20(8-6-19)26-14-12-21(28)13-15-26/h3-10,21,24,28H,11-17H2,1-2H3. The molecule has 2 fully saturated rings. The number of hydrogen-bond acceptors (Lipinski definition) is 5. The molecule has 0 spiro atoms. The van der Waals surface area contributed by atoms with Gasteiger partial charge in [0.2, 0.25) is 5.91 Å². The van der Waals surface area contributed by atoms with E-state index in [1.807, 2.05) is 24.1 Å². The molecule has 0 saturated carbocycles. The molecule has 6 nitrogen and oxygen atoms in total. The highest BCUT2D eigenvalue weighted by atomic mass is 16.5. The van der Waals surface area contributed by atoms with E-state index >= 15 is 0 Å². The molecule has 160 valence electrons. The van der Waals surface area contributed by atoms with Crippen LogP contribution in [0.3, 0.4) is 0 Å². The van der Waals surface area contributed by atoms with Crippen LogP contribution in [-0.2, 0) is 11.2 Å². The Hall–Kier alpha value is -2.57. The molecule has 4 rings (SSSR count). The van der Waals surface area contributed by atoms with Crippen LogP contribution in [0.5, 0.6) is 5.75 Å². The molecular formula is C24H31N3O3. The Bertz CT molecular complexity index is 845. The monoisotopic (exact) mass is 409 g/mol. The third kappa shape index (κ3) is 4.45. The molecule has 2 aromatic carbocycles. The van der Waals surface area contributed by atoms with Gasteiger partial charge in [0, 0.05) is 25.3 Å². The van der Waals surface area contributed by atoms with E-state index in [2.05, 4.69) is 46.2 Å². The quantitative estimate of drug-likeness (QED) is 0.795. The van der Waals surface area contributed by atoms with Crippen LogP contribution in [0.1, 0.15) is 30.1 Å². The van der Waals surface area contributed by atoms with Crippen molar-refractivity contribution in [2.24, 2.45) is 0 Å². The fourth-order valence-electron chi connectivity index (χ4n) is 4.47. The molecular weight excluding hydrogens is 378 g/mol. The van der Waals surface area contributed by atoms with Crippen molar-refractivity contribution in [2.45, 2.75) is 31.5 Å². The van der Waals surface area contributed by atoms with Gasteiger partial charge >= 0.3 is 0 Å². The fourth-order valence-corrected chi connectivity index (χ4v) is 4.47. The van der Waals surface area contributed by atoms with Crippen molar-refractivity contribution in [3.8, 4) is 5.75 Å². The van der Waals surface area contributed by atoms with Crippen LogP contribution in [0.15, 0.2) is 48.5 Å². The molecule has 0 aromatic heterocycles. The molecule has 1 amide bonds. The van der Waals surface area contributed by atoms with Crippen LogP contribution in [0.4, 0.5) is 5.69 Å². The predicted octanol–water partition coefficient (Wildman–Crippen LogP) is 2.67. The molecule has 2 aliphatic heterocycles. The smallest absolute Gasteiger partial charge is 0.238 e. The van der Waals surface area contributed by atoms with Gasteiger partial charge in [0.05, 0.1) is 19.8 Å². The van der Waals surface area contributed by atoms with Crippen molar-refractivity contribution >= 4 is 11.6 Å². The Morgan fingerprint density at radius 2 is 1.70 bits per heavy atom. The lowest BCUT2D eigenvalue weighted by Gasteiger charge is -2.32. The number of rotatable bonds is 6. The second-order valence-electron chi connectivity index (χ2n) is 8.28. The molecule has 1 atom stereocenters. The molecule has 1 N–H and O–H groups in total. The Morgan fingerprint density at radius 3 is 2.33 bits per heavy atom. The summed E-state index contributed by atoms with van der Waals surface area (Å²) >= 11 is 0. The summed E-state index contributed by atoms with van der Waals surface area (Å²) < 4.78 is 5.22. The van der Waals surface area contributed by atoms with Crippen LogP contribution < -0.4 is 9.64 Å². The van der Waals surface area contributed by atoms with Crippen molar-refractivity contribution in [3.63, 3.8) is 0 Å². The minimum atomic E-state index is -0.169. The number of likely N-dealkylation sites (N-methyl/N-ethyl adjacent to an activating group) is 1. The molecule has 6 heteroatoms. The summed E-state index contributed by atoms with van der Waals surface area (Å²) in [5, 5.41) is 9.73. The average Bonchev–Trinajstić information content (AvgIpc) is 3.06. The van der Waals surface area contributed by atoms with E-state index in [0.717, 1.165) is 43.7 Å². The van der Waals surface area contributed by atoms with Crippen LogP contribution in [0, 0.1) is 0 Å². The minimum Gasteiger partial charge on any atom is -0.497 e. The van der Waals surface area contributed by atoms with Gasteiger partial charge in [0.15, 0.2) is 0 Å². The van der Waals surface area contributed by atoms with Crippen LogP contribution in [0.2, 0.25) is 0 Å². The molecule has 2 heterocycles. The van der Waals surface area contributed by atoms with Gasteiger partial charge < -0.3 is 19.6 Å². The highest BCUT2D eigenvalue weighted by molar-refractivity contribution is 5.81. The zero-order valence-electron chi connectivity index (χ0n) is 17.8. The van der Waals surface area contributed by atoms with Gasteiger partial charge in [0.25, 0.3) is 0 Å². The summed E-state index contributed by atoms with van der Waals surface area (Å²) in [7, 11) is 3.67. The zero-order valence-corrected chi connectivity index (χ0v) is 17.8. The summed E-state index contributed by atoms with van der Waals surface area (Å²) in [4.78, 5) is 19.1. The maximum Gasteiger partial charge on any atom is 0.238 e. The maximum atomic E-state index is 12.7. The van der Waals surface area contributed by atoms with E-state index in [1.165, 1.54) is 11.3 Å². The van der Waals surface area contributed by atoms with Crippen LogP contribution in [0.25, 0.3) is 0 Å². The van der Waals surface area contributed by atoms with Gasteiger partial charge in [-0.05, 0) is 61.7 Å². The van der Waals surface area contributed by atoms with Crippen molar-refractivity contribution in [1.29, 1.82) is 0 Å². The number of piperidine rings is 1. The van der Waals surface area contributed by atoms with Crippen LogP contribution >= 0.6 is 0 Å². The zero-order chi connectivity index (χ0) is 21.1. The van der Waals surface area contributed by atoms with Crippen molar-refractivity contribution in [2.75, 3.05) is 45.2 Å². The van der Waals surface area contributed by atoms with E-state index in [0.29, 0.717) is 13.1 Å². The van der Waals surface area contributed by atoms with E-state index in [1.54, 1.807) is 7.11 Å². The minimum absolute atomic E-state index is 0.0343. The normalized spacial score (nSPS) is 20.8. The van der Waals surface area contributed by atoms with Crippen LogP contribution in [-0.4, -0.2) is 67.3 Å². The molecule has 2 aliphatic rings. The first-order valence-electron chi connectivity index (χ1n) is 10.7. The summed E-state index contributed by atoms with van der Waals surface area (Å²) in [6.07, 6.45) is 2.25. The second-order valence-corrected chi connectivity index (χ2v) is 8.28. The van der Waals surface area contributed by atoms with E-state index in [4.69, 9.17) is 4.74 Å². The largest absolute Gasteiger partial charge is 0.497 e. The lowest BCUT2D eigenvalue weighted by molar-refractivity contribution is -0.128. The third-order valence-electron chi connectivity index (χ3n) is 6.24. The molecule has 0 aliphatic carbocycles. The highest BCUT2D eigenvalue weighted by Crippen LogP contribution is 2.31. The van der Waals surface area contributed by atoms with Gasteiger partial charge in [0.1, 0.15) is 11.9 Å². The number of benzene rings is 2. The summed E-state index contributed by atoms with van der Waals surface area (Å²) in [5.41, 5.74) is 3.51. The highest BCUT2D eigenvalue weighted by Gasteiger charge is 2.36. The number of ether oxygens (including phenoxy) is 1. The van der Waals surface area contributed by atoms with Gasteiger partial charge in [-0.15, -0.1) is 0 Å². The molecule has 2 aromatic rings. The molecule has 1 unspecified atom stereocenters. The fraction of sp³-hybridized carbons (Fsp3) is 0.458. The SMILES string of the molecule is COc1ccc(CCN2C(=O)CN(C)C2c2ccc(N3CCC(O)CC3)cc2)cc1. The number of hydrogen-bond donors (Lipinski definition) is 1.